The molecule has 0 aliphatic carbocycles. The zero-order valence-corrected chi connectivity index (χ0v) is 19.2. The molecule has 0 radical (unpaired) electrons. The first kappa shape index (κ1) is 27.0. The number of methoxy groups -OCH3 is 3. The third-order valence-corrected chi connectivity index (χ3v) is 4.33. The zero-order valence-electron chi connectivity index (χ0n) is 19.2. The molecule has 0 bridgehead atoms. The van der Waals surface area contributed by atoms with Crippen LogP contribution in [0.1, 0.15) is 23.6 Å². The highest BCUT2D eigenvalue weighted by Crippen LogP contribution is 2.25. The molecule has 176 valence electrons. The Morgan fingerprint density at radius 1 is 0.871 bits per heavy atom. The van der Waals surface area contributed by atoms with Gasteiger partial charge >= 0.3 is 11.9 Å². The second-order valence-electron chi connectivity index (χ2n) is 7.04. The van der Waals surface area contributed by atoms with Crippen molar-refractivity contribution in [2.75, 3.05) is 54.4 Å². The summed E-state index contributed by atoms with van der Waals surface area (Å²) in [6.07, 6.45) is -0.498. The SMILES string of the molecule is COCC(COCC(COCC(=O)Oc1c(C)cc(COC(C)=O)cc1C)OC)OC. The molecule has 0 saturated carbocycles. The third-order valence-electron chi connectivity index (χ3n) is 4.33. The van der Waals surface area contributed by atoms with Crippen LogP contribution in [0.2, 0.25) is 0 Å². The number of aryl methyl sites for hydroxylation is 2. The van der Waals surface area contributed by atoms with E-state index in [2.05, 4.69) is 0 Å². The van der Waals surface area contributed by atoms with Gasteiger partial charge in [0, 0.05) is 28.3 Å². The molecule has 0 aliphatic rings. The van der Waals surface area contributed by atoms with Gasteiger partial charge in [0.2, 0.25) is 0 Å². The van der Waals surface area contributed by atoms with Gasteiger partial charge in [-0.2, -0.15) is 0 Å². The Morgan fingerprint density at radius 3 is 1.94 bits per heavy atom. The van der Waals surface area contributed by atoms with Crippen molar-refractivity contribution in [1.29, 1.82) is 0 Å². The topological polar surface area (TPSA) is 98.8 Å². The van der Waals surface area contributed by atoms with Crippen LogP contribution < -0.4 is 4.74 Å². The van der Waals surface area contributed by atoms with E-state index < -0.39 is 5.97 Å². The maximum Gasteiger partial charge on any atom is 0.337 e. The van der Waals surface area contributed by atoms with Crippen LogP contribution in [0.25, 0.3) is 0 Å². The van der Waals surface area contributed by atoms with Crippen molar-refractivity contribution in [3.05, 3.63) is 28.8 Å². The first-order valence-corrected chi connectivity index (χ1v) is 9.94. The zero-order chi connectivity index (χ0) is 23.2. The summed E-state index contributed by atoms with van der Waals surface area (Å²) in [6, 6.07) is 3.63. The van der Waals surface area contributed by atoms with Crippen LogP contribution >= 0.6 is 0 Å². The van der Waals surface area contributed by atoms with E-state index in [0.717, 1.165) is 16.7 Å². The molecule has 1 rings (SSSR count). The van der Waals surface area contributed by atoms with Gasteiger partial charge in [0.25, 0.3) is 0 Å². The fourth-order valence-electron chi connectivity index (χ4n) is 2.77. The summed E-state index contributed by atoms with van der Waals surface area (Å²) >= 11 is 0. The van der Waals surface area contributed by atoms with Gasteiger partial charge in [0.05, 0.1) is 26.4 Å². The summed E-state index contributed by atoms with van der Waals surface area (Å²) < 4.78 is 37.0. The van der Waals surface area contributed by atoms with Crippen LogP contribution in [0.15, 0.2) is 12.1 Å². The van der Waals surface area contributed by atoms with E-state index in [-0.39, 0.29) is 44.6 Å². The summed E-state index contributed by atoms with van der Waals surface area (Å²) in [5, 5.41) is 0. The number of esters is 2. The highest BCUT2D eigenvalue weighted by Gasteiger charge is 2.15. The summed E-state index contributed by atoms with van der Waals surface area (Å²) in [5.74, 6) is -0.402. The minimum atomic E-state index is -0.519. The van der Waals surface area contributed by atoms with Crippen molar-refractivity contribution < 1.29 is 42.7 Å². The monoisotopic (exact) mass is 442 g/mol. The molecular formula is C22H34O9. The van der Waals surface area contributed by atoms with Crippen LogP contribution in [-0.2, 0) is 44.6 Å². The number of carbonyl (C=O) groups is 2. The van der Waals surface area contributed by atoms with Crippen molar-refractivity contribution >= 4 is 11.9 Å². The maximum absolute atomic E-state index is 12.2. The van der Waals surface area contributed by atoms with Gasteiger partial charge in [-0.05, 0) is 42.7 Å². The third kappa shape index (κ3) is 10.7. The number of benzene rings is 1. The fourth-order valence-corrected chi connectivity index (χ4v) is 2.77. The van der Waals surface area contributed by atoms with Crippen molar-refractivity contribution in [3.63, 3.8) is 0 Å². The first-order valence-electron chi connectivity index (χ1n) is 9.94. The average molecular weight is 443 g/mol. The molecular weight excluding hydrogens is 408 g/mol. The Morgan fingerprint density at radius 2 is 1.42 bits per heavy atom. The predicted molar refractivity (Wildman–Crippen MR) is 112 cm³/mol. The van der Waals surface area contributed by atoms with Crippen molar-refractivity contribution in [2.45, 2.75) is 39.6 Å². The van der Waals surface area contributed by atoms with E-state index >= 15 is 0 Å². The molecule has 2 atom stereocenters. The molecule has 1 aromatic carbocycles. The summed E-state index contributed by atoms with van der Waals surface area (Å²) in [5.41, 5.74) is 2.36. The number of rotatable bonds is 15. The lowest BCUT2D eigenvalue weighted by Gasteiger charge is -2.19. The van der Waals surface area contributed by atoms with E-state index in [4.69, 9.17) is 33.2 Å². The lowest BCUT2D eigenvalue weighted by Crippen LogP contribution is -2.30. The number of hydrogen-bond acceptors (Lipinski definition) is 9. The smallest absolute Gasteiger partial charge is 0.337 e. The maximum atomic E-state index is 12.2. The molecule has 31 heavy (non-hydrogen) atoms. The molecule has 9 nitrogen and oxygen atoms in total. The molecule has 0 fully saturated rings. The second kappa shape index (κ2) is 14.9. The number of hydrogen-bond donors (Lipinski definition) is 0. The van der Waals surface area contributed by atoms with Crippen LogP contribution in [0.3, 0.4) is 0 Å². The second-order valence-corrected chi connectivity index (χ2v) is 7.04. The van der Waals surface area contributed by atoms with Gasteiger partial charge in [-0.1, -0.05) is 0 Å². The van der Waals surface area contributed by atoms with E-state index in [1.807, 2.05) is 26.0 Å². The quantitative estimate of drug-likeness (QED) is 0.298. The van der Waals surface area contributed by atoms with Gasteiger partial charge in [-0.15, -0.1) is 0 Å². The Kier molecular flexibility index (Phi) is 13.0. The normalized spacial score (nSPS) is 13.0. The average Bonchev–Trinajstić information content (AvgIpc) is 2.72. The van der Waals surface area contributed by atoms with E-state index in [1.54, 1.807) is 21.3 Å². The van der Waals surface area contributed by atoms with Gasteiger partial charge in [-0.25, -0.2) is 4.79 Å². The highest BCUT2D eigenvalue weighted by molar-refractivity contribution is 5.74. The van der Waals surface area contributed by atoms with Crippen LogP contribution in [0.5, 0.6) is 5.75 Å². The van der Waals surface area contributed by atoms with Gasteiger partial charge in [-0.3, -0.25) is 4.79 Å². The molecule has 0 spiro atoms. The van der Waals surface area contributed by atoms with Gasteiger partial charge < -0.3 is 33.2 Å². The van der Waals surface area contributed by atoms with E-state index in [0.29, 0.717) is 19.0 Å². The molecule has 0 N–H and O–H groups in total. The summed E-state index contributed by atoms with van der Waals surface area (Å²) in [7, 11) is 4.73. The molecule has 9 heteroatoms. The fraction of sp³-hybridized carbons (Fsp3) is 0.636. The Hall–Kier alpha value is -2.04. The molecule has 0 aliphatic heterocycles. The molecule has 0 heterocycles. The standard InChI is InChI=1S/C22H34O9/c1-15-7-18(9-30-17(3)23)8-16(2)22(15)31-21(24)14-29-13-20(27-6)12-28-11-19(26-5)10-25-4/h7-8,19-20H,9-14H2,1-6H3. The van der Waals surface area contributed by atoms with Crippen molar-refractivity contribution in [2.24, 2.45) is 0 Å². The Balaban J connectivity index is 2.44. The van der Waals surface area contributed by atoms with Crippen molar-refractivity contribution in [3.8, 4) is 5.75 Å². The predicted octanol–water partition coefficient (Wildman–Crippen LogP) is 1.98. The first-order chi connectivity index (χ1) is 14.8. The molecule has 0 saturated heterocycles. The number of carbonyl (C=O) groups excluding carboxylic acids is 2. The van der Waals surface area contributed by atoms with Crippen molar-refractivity contribution in [1.82, 2.24) is 0 Å². The molecule has 0 aromatic heterocycles. The minimum absolute atomic E-state index is 0.162. The van der Waals surface area contributed by atoms with Gasteiger partial charge in [0.1, 0.15) is 31.2 Å². The molecule has 0 amide bonds. The van der Waals surface area contributed by atoms with E-state index in [9.17, 15) is 9.59 Å². The largest absolute Gasteiger partial charge is 0.461 e. The number of ether oxygens (including phenoxy) is 7. The summed E-state index contributed by atoms with van der Waals surface area (Å²) in [6.45, 7) is 6.20. The Labute approximate surface area is 183 Å². The van der Waals surface area contributed by atoms with Gasteiger partial charge in [0.15, 0.2) is 0 Å². The Bertz CT molecular complexity index is 667. The van der Waals surface area contributed by atoms with Crippen LogP contribution in [-0.4, -0.2) is 78.5 Å². The van der Waals surface area contributed by atoms with Crippen LogP contribution in [0.4, 0.5) is 0 Å². The van der Waals surface area contributed by atoms with Crippen LogP contribution in [0, 0.1) is 13.8 Å². The lowest BCUT2D eigenvalue weighted by molar-refractivity contribution is -0.142. The molecule has 1 aromatic rings. The summed E-state index contributed by atoms with van der Waals surface area (Å²) in [4.78, 5) is 23.1. The minimum Gasteiger partial charge on any atom is -0.461 e. The molecule has 2 unspecified atom stereocenters. The lowest BCUT2D eigenvalue weighted by atomic mass is 10.1. The van der Waals surface area contributed by atoms with E-state index in [1.165, 1.54) is 6.92 Å². The highest BCUT2D eigenvalue weighted by atomic mass is 16.6.